The maximum Gasteiger partial charge on any atom is 0.227 e. The number of rotatable bonds is 2. The predicted molar refractivity (Wildman–Crippen MR) is 52.8 cm³/mol. The highest BCUT2D eigenvalue weighted by Gasteiger charge is 2.29. The molecule has 13 heavy (non-hydrogen) atoms. The van der Waals surface area contributed by atoms with E-state index in [1.807, 2.05) is 18.2 Å². The van der Waals surface area contributed by atoms with E-state index in [0.717, 1.165) is 12.8 Å². The summed E-state index contributed by atoms with van der Waals surface area (Å²) in [5.41, 5.74) is 0.709. The fourth-order valence-electron chi connectivity index (χ4n) is 1.14. The van der Waals surface area contributed by atoms with Crippen molar-refractivity contribution in [1.29, 1.82) is 0 Å². The highest BCUT2D eigenvalue weighted by Crippen LogP contribution is 2.31. The van der Waals surface area contributed by atoms with Crippen molar-refractivity contribution in [2.45, 2.75) is 12.8 Å². The molecule has 3 heteroatoms. The van der Waals surface area contributed by atoms with Gasteiger partial charge in [0.15, 0.2) is 0 Å². The molecule has 0 bridgehead atoms. The Labute approximate surface area is 81.9 Å². The van der Waals surface area contributed by atoms with Gasteiger partial charge in [-0.25, -0.2) is 0 Å². The van der Waals surface area contributed by atoms with Crippen molar-refractivity contribution in [2.75, 3.05) is 5.32 Å². The van der Waals surface area contributed by atoms with Crippen LogP contribution in [0.15, 0.2) is 24.3 Å². The Kier molecular flexibility index (Phi) is 2.23. The van der Waals surface area contributed by atoms with Crippen LogP contribution in [0.2, 0.25) is 5.02 Å². The predicted octanol–water partition coefficient (Wildman–Crippen LogP) is 2.69. The zero-order chi connectivity index (χ0) is 9.26. The first kappa shape index (κ1) is 8.57. The number of amides is 1. The van der Waals surface area contributed by atoms with Gasteiger partial charge in [-0.2, -0.15) is 0 Å². The molecule has 0 unspecified atom stereocenters. The van der Waals surface area contributed by atoms with E-state index in [9.17, 15) is 4.79 Å². The summed E-state index contributed by atoms with van der Waals surface area (Å²) in [5, 5.41) is 3.40. The minimum Gasteiger partial charge on any atom is -0.325 e. The first-order valence-corrected chi connectivity index (χ1v) is 4.70. The fraction of sp³-hybridized carbons (Fsp3) is 0.300. The van der Waals surface area contributed by atoms with E-state index in [1.165, 1.54) is 0 Å². The zero-order valence-corrected chi connectivity index (χ0v) is 7.84. The molecule has 0 atom stereocenters. The van der Waals surface area contributed by atoms with Crippen LogP contribution in [0, 0.1) is 5.92 Å². The molecule has 0 heterocycles. The Morgan fingerprint density at radius 2 is 2.08 bits per heavy atom. The monoisotopic (exact) mass is 195 g/mol. The van der Waals surface area contributed by atoms with E-state index >= 15 is 0 Å². The maximum atomic E-state index is 11.4. The van der Waals surface area contributed by atoms with Crippen molar-refractivity contribution in [2.24, 2.45) is 5.92 Å². The molecule has 1 amide bonds. The third-order valence-electron chi connectivity index (χ3n) is 2.08. The van der Waals surface area contributed by atoms with E-state index in [0.29, 0.717) is 10.7 Å². The summed E-state index contributed by atoms with van der Waals surface area (Å²) in [5.74, 6) is 0.310. The number of benzene rings is 1. The lowest BCUT2D eigenvalue weighted by molar-refractivity contribution is -0.117. The van der Waals surface area contributed by atoms with E-state index in [4.69, 9.17) is 11.6 Å². The minimum absolute atomic E-state index is 0.0908. The molecule has 1 N–H and O–H groups in total. The molecule has 2 rings (SSSR count). The maximum absolute atomic E-state index is 11.4. The average molecular weight is 196 g/mol. The Balaban J connectivity index is 2.08. The van der Waals surface area contributed by atoms with Gasteiger partial charge in [0.25, 0.3) is 0 Å². The van der Waals surface area contributed by atoms with Crippen molar-refractivity contribution in [3.8, 4) is 0 Å². The second-order valence-corrected chi connectivity index (χ2v) is 3.65. The van der Waals surface area contributed by atoms with Gasteiger partial charge in [0.05, 0.1) is 10.7 Å². The number of nitrogens with one attached hydrogen (secondary N) is 1. The molecule has 0 aromatic heterocycles. The van der Waals surface area contributed by atoms with Crippen LogP contribution in [0.1, 0.15) is 12.8 Å². The van der Waals surface area contributed by atoms with Gasteiger partial charge in [0.2, 0.25) is 5.91 Å². The Morgan fingerprint density at radius 1 is 1.38 bits per heavy atom. The smallest absolute Gasteiger partial charge is 0.227 e. The number of hydrogen-bond acceptors (Lipinski definition) is 1. The van der Waals surface area contributed by atoms with Gasteiger partial charge in [0, 0.05) is 5.92 Å². The molecule has 1 aliphatic carbocycles. The van der Waals surface area contributed by atoms with Gasteiger partial charge >= 0.3 is 0 Å². The Morgan fingerprint density at radius 3 is 2.69 bits per heavy atom. The normalized spacial score (nSPS) is 15.5. The molecule has 1 fully saturated rings. The van der Waals surface area contributed by atoms with E-state index in [2.05, 4.69) is 5.32 Å². The summed E-state index contributed by atoms with van der Waals surface area (Å²) in [6, 6.07) is 7.27. The average Bonchev–Trinajstić information content (AvgIpc) is 2.91. The second-order valence-electron chi connectivity index (χ2n) is 3.24. The van der Waals surface area contributed by atoms with Crippen LogP contribution in [0.3, 0.4) is 0 Å². The molecule has 68 valence electrons. The Hall–Kier alpha value is -1.02. The highest BCUT2D eigenvalue weighted by atomic mass is 35.5. The number of halogens is 1. The van der Waals surface area contributed by atoms with Crippen molar-refractivity contribution in [3.05, 3.63) is 29.3 Å². The highest BCUT2D eigenvalue weighted by molar-refractivity contribution is 6.33. The zero-order valence-electron chi connectivity index (χ0n) is 7.09. The van der Waals surface area contributed by atoms with Crippen LogP contribution in [0.4, 0.5) is 5.69 Å². The molecule has 0 spiro atoms. The van der Waals surface area contributed by atoms with Crippen LogP contribution >= 0.6 is 11.6 Å². The first-order valence-electron chi connectivity index (χ1n) is 4.33. The van der Waals surface area contributed by atoms with E-state index in [-0.39, 0.29) is 11.8 Å². The van der Waals surface area contributed by atoms with Gasteiger partial charge in [-0.1, -0.05) is 23.7 Å². The number of anilines is 1. The Bertz CT molecular complexity index is 333. The first-order chi connectivity index (χ1) is 6.27. The van der Waals surface area contributed by atoms with Crippen LogP contribution in [0.25, 0.3) is 0 Å². The van der Waals surface area contributed by atoms with Crippen LogP contribution in [0.5, 0.6) is 0 Å². The van der Waals surface area contributed by atoms with Gasteiger partial charge < -0.3 is 5.32 Å². The molecule has 1 aromatic rings. The largest absolute Gasteiger partial charge is 0.325 e. The topological polar surface area (TPSA) is 29.1 Å². The molecule has 0 aliphatic heterocycles. The molecule has 1 aliphatic rings. The molecular formula is C10H10ClNO. The summed E-state index contributed by atoms with van der Waals surface area (Å²) < 4.78 is 0. The molecule has 0 saturated heterocycles. The van der Waals surface area contributed by atoms with Crippen LogP contribution in [-0.4, -0.2) is 5.91 Å². The number of carbonyl (C=O) groups excluding carboxylic acids is 1. The summed E-state index contributed by atoms with van der Waals surface area (Å²) >= 11 is 5.88. The summed E-state index contributed by atoms with van der Waals surface area (Å²) in [7, 11) is 0. The van der Waals surface area contributed by atoms with Crippen LogP contribution in [-0.2, 0) is 4.79 Å². The SMILES string of the molecule is O=C(Nc1ccccc1Cl)C1CC1. The molecular weight excluding hydrogens is 186 g/mol. The summed E-state index contributed by atoms with van der Waals surface area (Å²) in [4.78, 5) is 11.4. The lowest BCUT2D eigenvalue weighted by atomic mass is 10.3. The quantitative estimate of drug-likeness (QED) is 0.773. The molecule has 1 aromatic carbocycles. The van der Waals surface area contributed by atoms with Crippen molar-refractivity contribution in [3.63, 3.8) is 0 Å². The fourth-order valence-corrected chi connectivity index (χ4v) is 1.33. The lowest BCUT2D eigenvalue weighted by Crippen LogP contribution is -2.13. The van der Waals surface area contributed by atoms with Crippen molar-refractivity contribution in [1.82, 2.24) is 0 Å². The van der Waals surface area contributed by atoms with Gasteiger partial charge in [-0.15, -0.1) is 0 Å². The van der Waals surface area contributed by atoms with Gasteiger partial charge in [0.1, 0.15) is 0 Å². The van der Waals surface area contributed by atoms with Crippen molar-refractivity contribution < 1.29 is 4.79 Å². The molecule has 0 radical (unpaired) electrons. The third kappa shape index (κ3) is 2.01. The third-order valence-corrected chi connectivity index (χ3v) is 2.41. The molecule has 2 nitrogen and oxygen atoms in total. The number of carbonyl (C=O) groups is 1. The summed E-state index contributed by atoms with van der Waals surface area (Å²) in [6.45, 7) is 0. The lowest BCUT2D eigenvalue weighted by Gasteiger charge is -2.04. The van der Waals surface area contributed by atoms with E-state index < -0.39 is 0 Å². The van der Waals surface area contributed by atoms with Gasteiger partial charge in [-0.3, -0.25) is 4.79 Å². The standard InChI is InChI=1S/C10H10ClNO/c11-8-3-1-2-4-9(8)12-10(13)7-5-6-7/h1-4,7H,5-6H2,(H,12,13). The minimum atomic E-state index is 0.0908. The number of hydrogen-bond donors (Lipinski definition) is 1. The molecule has 1 saturated carbocycles. The number of para-hydroxylation sites is 1. The summed E-state index contributed by atoms with van der Waals surface area (Å²) in [6.07, 6.45) is 2.02. The van der Waals surface area contributed by atoms with Crippen molar-refractivity contribution >= 4 is 23.2 Å². The van der Waals surface area contributed by atoms with Gasteiger partial charge in [-0.05, 0) is 25.0 Å². The van der Waals surface area contributed by atoms with Crippen LogP contribution < -0.4 is 5.32 Å². The second kappa shape index (κ2) is 3.38. The van der Waals surface area contributed by atoms with E-state index in [1.54, 1.807) is 6.07 Å².